The second kappa shape index (κ2) is 6.62. The van der Waals surface area contributed by atoms with Gasteiger partial charge in [0.25, 0.3) is 23.5 Å². The summed E-state index contributed by atoms with van der Waals surface area (Å²) in [5.74, 6) is -4.96. The highest BCUT2D eigenvalue weighted by Crippen LogP contribution is 2.86. The number of carbonyl (C=O) groups is 3. The first-order chi connectivity index (χ1) is 17.1. The molecule has 3 N–H and O–H groups in total. The number of H-pyrrole nitrogens is 1. The standard InChI is InChI=1S/C24H19F3N6O3/c1-9-13(20(34)22(36)30-23(7-24(26,27)8-23)12-6-28-32-31-12)18-14-15-16(14)19(15)33(18)17(9)21(35)29-11-4-2-10(25)3-5-11/h2-6,14-16,19H,7-8H2,1H3,(H,29,35)(H,30,36)(H,28,31,32). The highest BCUT2D eigenvalue weighted by Gasteiger charge is 2.81. The molecule has 2 unspecified atom stereocenters. The number of aromatic nitrogens is 4. The molecule has 0 spiro atoms. The lowest BCUT2D eigenvalue weighted by molar-refractivity contribution is -0.148. The van der Waals surface area contributed by atoms with Crippen molar-refractivity contribution in [1.82, 2.24) is 25.3 Å². The van der Waals surface area contributed by atoms with Crippen molar-refractivity contribution in [1.29, 1.82) is 0 Å². The molecule has 3 aromatic rings. The molecule has 184 valence electrons. The monoisotopic (exact) mass is 496 g/mol. The number of rotatable bonds is 6. The molecule has 8 rings (SSSR count). The van der Waals surface area contributed by atoms with E-state index in [2.05, 4.69) is 26.0 Å². The average molecular weight is 496 g/mol. The number of amides is 2. The molecule has 2 aromatic heterocycles. The van der Waals surface area contributed by atoms with Crippen molar-refractivity contribution in [2.24, 2.45) is 11.8 Å². The molecule has 5 aliphatic rings. The molecule has 2 aliphatic heterocycles. The Hall–Kier alpha value is -3.96. The Morgan fingerprint density at radius 1 is 1.14 bits per heavy atom. The van der Waals surface area contributed by atoms with Gasteiger partial charge in [-0.25, -0.2) is 13.2 Å². The third-order valence-corrected chi connectivity index (χ3v) is 8.04. The number of nitrogens with one attached hydrogen (secondary N) is 3. The first kappa shape index (κ1) is 21.3. The second-order valence-corrected chi connectivity index (χ2v) is 10.2. The van der Waals surface area contributed by atoms with Gasteiger partial charge in [-0.05, 0) is 48.6 Å². The molecule has 2 bridgehead atoms. The minimum atomic E-state index is -3.00. The molecule has 0 saturated heterocycles. The zero-order valence-corrected chi connectivity index (χ0v) is 18.8. The van der Waals surface area contributed by atoms with Crippen LogP contribution in [0.1, 0.15) is 62.6 Å². The number of ketones is 1. The lowest BCUT2D eigenvalue weighted by Gasteiger charge is -2.46. The van der Waals surface area contributed by atoms with Crippen LogP contribution < -0.4 is 10.6 Å². The number of nitrogens with zero attached hydrogens (tertiary/aromatic N) is 3. The third-order valence-electron chi connectivity index (χ3n) is 8.04. The molecule has 1 aromatic carbocycles. The number of anilines is 1. The maximum atomic E-state index is 13.8. The van der Waals surface area contributed by atoms with Crippen molar-refractivity contribution in [3.63, 3.8) is 0 Å². The van der Waals surface area contributed by atoms with E-state index in [0.29, 0.717) is 28.8 Å². The first-order valence-corrected chi connectivity index (χ1v) is 11.5. The Balaban J connectivity index is 1.21. The molecule has 4 heterocycles. The molecule has 12 heteroatoms. The molecule has 2 atom stereocenters. The summed E-state index contributed by atoms with van der Waals surface area (Å²) in [6.45, 7) is 1.60. The third kappa shape index (κ3) is 2.75. The van der Waals surface area contributed by atoms with Gasteiger partial charge in [-0.2, -0.15) is 0 Å². The van der Waals surface area contributed by atoms with E-state index in [-0.39, 0.29) is 28.9 Å². The van der Waals surface area contributed by atoms with Crippen LogP contribution in [0.25, 0.3) is 0 Å². The van der Waals surface area contributed by atoms with E-state index in [1.165, 1.54) is 30.5 Å². The topological polar surface area (TPSA) is 122 Å². The maximum absolute atomic E-state index is 13.8. The minimum Gasteiger partial charge on any atom is -0.338 e. The number of carbonyl (C=O) groups excluding carboxylic acids is 3. The van der Waals surface area contributed by atoms with Gasteiger partial charge in [-0.3, -0.25) is 19.5 Å². The lowest BCUT2D eigenvalue weighted by atomic mass is 9.71. The van der Waals surface area contributed by atoms with Gasteiger partial charge in [0.2, 0.25) is 0 Å². The van der Waals surface area contributed by atoms with E-state index < -0.39 is 47.7 Å². The van der Waals surface area contributed by atoms with Crippen LogP contribution in [0.15, 0.2) is 30.5 Å². The van der Waals surface area contributed by atoms with Gasteiger partial charge in [0.05, 0.1) is 23.0 Å². The van der Waals surface area contributed by atoms with Crippen LogP contribution in [0, 0.1) is 24.6 Å². The molecule has 2 amide bonds. The zero-order valence-electron chi connectivity index (χ0n) is 18.8. The van der Waals surface area contributed by atoms with E-state index in [0.717, 1.165) is 0 Å². The summed E-state index contributed by atoms with van der Waals surface area (Å²) in [6.07, 6.45) is -0.122. The van der Waals surface area contributed by atoms with Gasteiger partial charge in [-0.15, -0.1) is 5.10 Å². The Kier molecular flexibility index (Phi) is 3.92. The van der Waals surface area contributed by atoms with Crippen LogP contribution >= 0.6 is 0 Å². The average Bonchev–Trinajstić information content (AvgIpc) is 3.38. The highest BCUT2D eigenvalue weighted by atomic mass is 19.3. The number of aromatic amines is 1. The molecular weight excluding hydrogens is 477 g/mol. The largest absolute Gasteiger partial charge is 0.338 e. The smallest absolute Gasteiger partial charge is 0.293 e. The summed E-state index contributed by atoms with van der Waals surface area (Å²) in [5, 5.41) is 14.9. The van der Waals surface area contributed by atoms with Crippen LogP contribution in [0.2, 0.25) is 0 Å². The fourth-order valence-corrected chi connectivity index (χ4v) is 6.34. The quantitative estimate of drug-likeness (QED) is 0.358. The van der Waals surface area contributed by atoms with Gasteiger partial charge >= 0.3 is 0 Å². The summed E-state index contributed by atoms with van der Waals surface area (Å²) in [7, 11) is 0. The zero-order chi connectivity index (χ0) is 25.1. The van der Waals surface area contributed by atoms with Gasteiger partial charge in [0.15, 0.2) is 0 Å². The summed E-state index contributed by atoms with van der Waals surface area (Å²) in [5.41, 5.74) is 0.555. The molecule has 0 radical (unpaired) electrons. The fraction of sp³-hybridized carbons (Fsp3) is 0.375. The van der Waals surface area contributed by atoms with Crippen molar-refractivity contribution in [2.45, 2.75) is 43.2 Å². The Labute approximate surface area is 201 Å². The molecule has 3 fully saturated rings. The number of hydrogen-bond acceptors (Lipinski definition) is 5. The summed E-state index contributed by atoms with van der Waals surface area (Å²) >= 11 is 0. The SMILES string of the molecule is Cc1c(C(=O)C(=O)NC2(c3cnn[nH]3)CC(F)(F)C2)c2n(c1C(=O)Nc1ccc(F)cc1)C1C3C2C31. The number of Topliss-reactive ketones (excluding diaryl/α,β-unsaturated/α-hetero) is 1. The van der Waals surface area contributed by atoms with E-state index in [1.54, 1.807) is 6.92 Å². The van der Waals surface area contributed by atoms with Crippen molar-refractivity contribution < 1.29 is 27.6 Å². The van der Waals surface area contributed by atoms with Gasteiger partial charge in [0, 0.05) is 36.2 Å². The molecule has 3 saturated carbocycles. The predicted octanol–water partition coefficient (Wildman–Crippen LogP) is 2.83. The molecule has 36 heavy (non-hydrogen) atoms. The Bertz CT molecular complexity index is 1460. The summed E-state index contributed by atoms with van der Waals surface area (Å²) < 4.78 is 42.8. The highest BCUT2D eigenvalue weighted by molar-refractivity contribution is 6.44. The Morgan fingerprint density at radius 3 is 2.44 bits per heavy atom. The Morgan fingerprint density at radius 2 is 1.83 bits per heavy atom. The van der Waals surface area contributed by atoms with Crippen LogP contribution in [0.4, 0.5) is 18.9 Å². The minimum absolute atomic E-state index is 0.117. The van der Waals surface area contributed by atoms with Crippen LogP contribution in [0.5, 0.6) is 0 Å². The van der Waals surface area contributed by atoms with Crippen molar-refractivity contribution >= 4 is 23.3 Å². The van der Waals surface area contributed by atoms with E-state index in [9.17, 15) is 27.6 Å². The fourth-order valence-electron chi connectivity index (χ4n) is 6.34. The lowest BCUT2D eigenvalue weighted by Crippen LogP contribution is -2.61. The number of halogens is 3. The van der Waals surface area contributed by atoms with Crippen LogP contribution in [0.3, 0.4) is 0 Å². The number of hydrogen-bond donors (Lipinski definition) is 3. The molecule has 9 nitrogen and oxygen atoms in total. The van der Waals surface area contributed by atoms with E-state index in [1.807, 2.05) is 4.57 Å². The second-order valence-electron chi connectivity index (χ2n) is 10.2. The summed E-state index contributed by atoms with van der Waals surface area (Å²) in [4.78, 5) is 39.8. The number of benzene rings is 1. The molecular formula is C24H19F3N6O3. The maximum Gasteiger partial charge on any atom is 0.293 e. The van der Waals surface area contributed by atoms with Crippen LogP contribution in [-0.2, 0) is 10.3 Å². The van der Waals surface area contributed by atoms with E-state index in [4.69, 9.17) is 0 Å². The molecule has 3 aliphatic carbocycles. The van der Waals surface area contributed by atoms with Crippen molar-refractivity contribution in [2.75, 3.05) is 5.32 Å². The summed E-state index contributed by atoms with van der Waals surface area (Å²) in [6, 6.07) is 5.43. The number of alkyl halides is 2. The first-order valence-electron chi connectivity index (χ1n) is 11.5. The van der Waals surface area contributed by atoms with Gasteiger partial charge in [-0.1, -0.05) is 5.21 Å². The van der Waals surface area contributed by atoms with Crippen LogP contribution in [-0.4, -0.2) is 43.5 Å². The van der Waals surface area contributed by atoms with Crippen molar-refractivity contribution in [3.8, 4) is 0 Å². The predicted molar refractivity (Wildman–Crippen MR) is 117 cm³/mol. The van der Waals surface area contributed by atoms with E-state index >= 15 is 0 Å². The van der Waals surface area contributed by atoms with Gasteiger partial charge < -0.3 is 15.2 Å². The van der Waals surface area contributed by atoms with Gasteiger partial charge in [0.1, 0.15) is 11.5 Å². The normalized spacial score (nSPS) is 26.9. The van der Waals surface area contributed by atoms with Crippen molar-refractivity contribution in [3.05, 3.63) is 64.5 Å².